The van der Waals surface area contributed by atoms with Crippen molar-refractivity contribution in [2.24, 2.45) is 0 Å². The van der Waals surface area contributed by atoms with Crippen molar-refractivity contribution in [3.05, 3.63) is 47.1 Å². The summed E-state index contributed by atoms with van der Waals surface area (Å²) >= 11 is 0. The standard InChI is InChI=1S/C12H14N2O/c1-3-12-13-11(14-15-12)8-10-7-5-4-6-9(10)2/h4-7H,3,8H2,1-2H3. The first-order valence-corrected chi connectivity index (χ1v) is 5.15. The van der Waals surface area contributed by atoms with E-state index in [1.807, 2.05) is 19.1 Å². The molecule has 1 heterocycles. The summed E-state index contributed by atoms with van der Waals surface area (Å²) in [6.07, 6.45) is 1.54. The van der Waals surface area contributed by atoms with Crippen LogP contribution in [0, 0.1) is 6.92 Å². The molecule has 0 aliphatic heterocycles. The summed E-state index contributed by atoms with van der Waals surface area (Å²) in [5, 5.41) is 3.94. The first-order valence-electron chi connectivity index (χ1n) is 5.15. The summed E-state index contributed by atoms with van der Waals surface area (Å²) in [6, 6.07) is 8.25. The lowest BCUT2D eigenvalue weighted by Gasteiger charge is -2.00. The predicted octanol–water partition coefficient (Wildman–Crippen LogP) is 2.53. The average Bonchev–Trinajstić information content (AvgIpc) is 2.69. The topological polar surface area (TPSA) is 38.9 Å². The third kappa shape index (κ3) is 2.24. The Balaban J connectivity index is 2.18. The molecular formula is C12H14N2O. The highest BCUT2D eigenvalue weighted by Crippen LogP contribution is 2.11. The molecule has 0 radical (unpaired) electrons. The lowest BCUT2D eigenvalue weighted by Crippen LogP contribution is -1.93. The highest BCUT2D eigenvalue weighted by molar-refractivity contribution is 5.27. The molecule has 0 unspecified atom stereocenters. The van der Waals surface area contributed by atoms with Crippen LogP contribution in [0.4, 0.5) is 0 Å². The second-order valence-electron chi connectivity index (χ2n) is 3.56. The molecule has 15 heavy (non-hydrogen) atoms. The maximum Gasteiger partial charge on any atom is 0.226 e. The second-order valence-corrected chi connectivity index (χ2v) is 3.56. The Labute approximate surface area is 89.1 Å². The van der Waals surface area contributed by atoms with Crippen LogP contribution in [-0.4, -0.2) is 10.1 Å². The summed E-state index contributed by atoms with van der Waals surface area (Å²) in [5.41, 5.74) is 2.52. The van der Waals surface area contributed by atoms with Crippen LogP contribution in [0.3, 0.4) is 0 Å². The van der Waals surface area contributed by atoms with Crippen LogP contribution < -0.4 is 0 Å². The van der Waals surface area contributed by atoms with Crippen LogP contribution in [0.5, 0.6) is 0 Å². The molecule has 0 N–H and O–H groups in total. The maximum atomic E-state index is 5.06. The van der Waals surface area contributed by atoms with Gasteiger partial charge in [0.15, 0.2) is 5.82 Å². The minimum absolute atomic E-state index is 0.707. The zero-order valence-electron chi connectivity index (χ0n) is 9.03. The molecule has 0 bridgehead atoms. The zero-order valence-corrected chi connectivity index (χ0v) is 9.03. The summed E-state index contributed by atoms with van der Waals surface area (Å²) in [7, 11) is 0. The first-order chi connectivity index (χ1) is 7.29. The molecule has 0 amide bonds. The van der Waals surface area contributed by atoms with E-state index in [9.17, 15) is 0 Å². The number of nitrogens with zero attached hydrogens (tertiary/aromatic N) is 2. The van der Waals surface area contributed by atoms with Gasteiger partial charge in [-0.3, -0.25) is 0 Å². The number of aromatic nitrogens is 2. The SMILES string of the molecule is CCc1nc(Cc2ccccc2C)no1. The molecule has 0 saturated heterocycles. The normalized spacial score (nSPS) is 10.5. The average molecular weight is 202 g/mol. The van der Waals surface area contributed by atoms with E-state index in [-0.39, 0.29) is 0 Å². The van der Waals surface area contributed by atoms with Crippen molar-refractivity contribution in [3.63, 3.8) is 0 Å². The van der Waals surface area contributed by atoms with Crippen LogP contribution in [0.1, 0.15) is 29.8 Å². The van der Waals surface area contributed by atoms with Crippen molar-refractivity contribution in [3.8, 4) is 0 Å². The van der Waals surface area contributed by atoms with Gasteiger partial charge in [0, 0.05) is 12.8 Å². The monoisotopic (exact) mass is 202 g/mol. The molecule has 1 aromatic heterocycles. The largest absolute Gasteiger partial charge is 0.339 e. The van der Waals surface area contributed by atoms with E-state index in [1.54, 1.807) is 0 Å². The number of benzene rings is 1. The van der Waals surface area contributed by atoms with Gasteiger partial charge in [-0.15, -0.1) is 0 Å². The fourth-order valence-corrected chi connectivity index (χ4v) is 1.48. The van der Waals surface area contributed by atoms with Crippen LogP contribution in [0.15, 0.2) is 28.8 Å². The van der Waals surface area contributed by atoms with Gasteiger partial charge in [0.1, 0.15) is 0 Å². The molecule has 0 atom stereocenters. The van der Waals surface area contributed by atoms with E-state index in [4.69, 9.17) is 4.52 Å². The minimum Gasteiger partial charge on any atom is -0.339 e. The minimum atomic E-state index is 0.707. The Morgan fingerprint density at radius 1 is 1.27 bits per heavy atom. The van der Waals surface area contributed by atoms with Gasteiger partial charge < -0.3 is 4.52 Å². The Bertz CT molecular complexity index is 448. The molecular weight excluding hydrogens is 188 g/mol. The summed E-state index contributed by atoms with van der Waals surface area (Å²) in [4.78, 5) is 4.29. The molecule has 3 nitrogen and oxygen atoms in total. The summed E-state index contributed by atoms with van der Waals surface area (Å²) in [6.45, 7) is 4.10. The zero-order chi connectivity index (χ0) is 10.7. The highest BCUT2D eigenvalue weighted by atomic mass is 16.5. The van der Waals surface area contributed by atoms with Crippen LogP contribution >= 0.6 is 0 Å². The van der Waals surface area contributed by atoms with Crippen molar-refractivity contribution in [1.82, 2.24) is 10.1 Å². The smallest absolute Gasteiger partial charge is 0.226 e. The number of hydrogen-bond acceptors (Lipinski definition) is 3. The fraction of sp³-hybridized carbons (Fsp3) is 0.333. The van der Waals surface area contributed by atoms with Crippen molar-refractivity contribution in [2.45, 2.75) is 26.7 Å². The fourth-order valence-electron chi connectivity index (χ4n) is 1.48. The van der Waals surface area contributed by atoms with E-state index >= 15 is 0 Å². The number of hydrogen-bond donors (Lipinski definition) is 0. The second kappa shape index (κ2) is 4.26. The highest BCUT2D eigenvalue weighted by Gasteiger charge is 2.06. The van der Waals surface area contributed by atoms with Crippen LogP contribution in [0.25, 0.3) is 0 Å². The molecule has 0 aliphatic rings. The Hall–Kier alpha value is -1.64. The van der Waals surface area contributed by atoms with Crippen LogP contribution in [-0.2, 0) is 12.8 Å². The molecule has 0 aliphatic carbocycles. The van der Waals surface area contributed by atoms with Gasteiger partial charge in [-0.05, 0) is 18.1 Å². The third-order valence-corrected chi connectivity index (χ3v) is 2.42. The number of rotatable bonds is 3. The molecule has 1 aromatic carbocycles. The molecule has 78 valence electrons. The lowest BCUT2D eigenvalue weighted by molar-refractivity contribution is 0.377. The predicted molar refractivity (Wildman–Crippen MR) is 57.7 cm³/mol. The molecule has 0 fully saturated rings. The van der Waals surface area contributed by atoms with Gasteiger partial charge in [-0.25, -0.2) is 0 Å². The first kappa shape index (κ1) is 9.90. The van der Waals surface area contributed by atoms with Gasteiger partial charge in [0.2, 0.25) is 5.89 Å². The van der Waals surface area contributed by atoms with Crippen LogP contribution in [0.2, 0.25) is 0 Å². The molecule has 2 aromatic rings. The van der Waals surface area contributed by atoms with Gasteiger partial charge >= 0.3 is 0 Å². The van der Waals surface area contributed by atoms with E-state index in [2.05, 4.69) is 29.2 Å². The van der Waals surface area contributed by atoms with Crippen molar-refractivity contribution >= 4 is 0 Å². The quantitative estimate of drug-likeness (QED) is 0.767. The third-order valence-electron chi connectivity index (χ3n) is 2.42. The van der Waals surface area contributed by atoms with Gasteiger partial charge in [0.25, 0.3) is 0 Å². The maximum absolute atomic E-state index is 5.06. The van der Waals surface area contributed by atoms with Gasteiger partial charge in [-0.1, -0.05) is 36.3 Å². The van der Waals surface area contributed by atoms with E-state index in [0.717, 1.165) is 18.7 Å². The molecule has 0 saturated carbocycles. The van der Waals surface area contributed by atoms with E-state index in [1.165, 1.54) is 11.1 Å². The molecule has 2 rings (SSSR count). The summed E-state index contributed by atoms with van der Waals surface area (Å²) in [5.74, 6) is 1.47. The van der Waals surface area contributed by atoms with Gasteiger partial charge in [0.05, 0.1) is 0 Å². The Morgan fingerprint density at radius 3 is 2.73 bits per heavy atom. The number of aryl methyl sites for hydroxylation is 2. The molecule has 0 spiro atoms. The molecule has 3 heteroatoms. The lowest BCUT2D eigenvalue weighted by atomic mass is 10.1. The van der Waals surface area contributed by atoms with Gasteiger partial charge in [-0.2, -0.15) is 4.98 Å². The van der Waals surface area contributed by atoms with Crippen molar-refractivity contribution in [2.75, 3.05) is 0 Å². The summed E-state index contributed by atoms with van der Waals surface area (Å²) < 4.78 is 5.06. The van der Waals surface area contributed by atoms with E-state index < -0.39 is 0 Å². The van der Waals surface area contributed by atoms with E-state index in [0.29, 0.717) is 5.89 Å². The Kier molecular flexibility index (Phi) is 2.81. The Morgan fingerprint density at radius 2 is 2.07 bits per heavy atom. The van der Waals surface area contributed by atoms with Crippen molar-refractivity contribution in [1.29, 1.82) is 0 Å². The van der Waals surface area contributed by atoms with Crippen molar-refractivity contribution < 1.29 is 4.52 Å².